The highest BCUT2D eigenvalue weighted by molar-refractivity contribution is 7.86. The Labute approximate surface area is 141 Å². The number of rotatable bonds is 5. The maximum absolute atomic E-state index is 12.2. The highest BCUT2D eigenvalue weighted by Gasteiger charge is 2.58. The van der Waals surface area contributed by atoms with Gasteiger partial charge in [0.25, 0.3) is 16.0 Å². The summed E-state index contributed by atoms with van der Waals surface area (Å²) in [6.45, 7) is 2.00. The van der Waals surface area contributed by atoms with Crippen LogP contribution >= 0.6 is 11.6 Å². The zero-order valence-corrected chi connectivity index (χ0v) is 14.6. The van der Waals surface area contributed by atoms with Crippen LogP contribution in [-0.2, 0) is 14.3 Å². The molecular formula is C16H20ClNO4S. The number of hydrogen-bond acceptors (Lipinski definition) is 4. The lowest BCUT2D eigenvalue weighted by molar-refractivity contribution is 0.0931. The molecule has 2 fully saturated rings. The Morgan fingerprint density at radius 3 is 2.35 bits per heavy atom. The first kappa shape index (κ1) is 16.7. The molecule has 23 heavy (non-hydrogen) atoms. The molecule has 1 aromatic carbocycles. The molecule has 0 aromatic heterocycles. The average molecular weight is 358 g/mol. The van der Waals surface area contributed by atoms with E-state index in [-0.39, 0.29) is 18.1 Å². The van der Waals surface area contributed by atoms with Gasteiger partial charge in [-0.05, 0) is 61.8 Å². The molecule has 0 saturated heterocycles. The van der Waals surface area contributed by atoms with E-state index in [0.717, 1.165) is 19.1 Å². The van der Waals surface area contributed by atoms with E-state index in [9.17, 15) is 13.2 Å². The first-order valence-corrected chi connectivity index (χ1v) is 9.89. The van der Waals surface area contributed by atoms with Gasteiger partial charge >= 0.3 is 0 Å². The van der Waals surface area contributed by atoms with Gasteiger partial charge in [-0.1, -0.05) is 11.6 Å². The Hall–Kier alpha value is -1.11. The molecule has 2 aliphatic carbocycles. The molecule has 3 rings (SSSR count). The molecule has 1 aromatic rings. The van der Waals surface area contributed by atoms with Crippen molar-refractivity contribution in [2.75, 3.05) is 6.26 Å². The van der Waals surface area contributed by atoms with Crippen molar-refractivity contribution >= 4 is 27.6 Å². The van der Waals surface area contributed by atoms with Gasteiger partial charge in [-0.2, -0.15) is 8.42 Å². The van der Waals surface area contributed by atoms with Crippen LogP contribution in [0.5, 0.6) is 0 Å². The minimum absolute atomic E-state index is 0.0624. The van der Waals surface area contributed by atoms with Gasteiger partial charge < -0.3 is 5.32 Å². The normalized spacial score (nSPS) is 30.6. The summed E-state index contributed by atoms with van der Waals surface area (Å²) in [6.07, 6.45) is 2.40. The molecule has 2 saturated carbocycles. The van der Waals surface area contributed by atoms with Gasteiger partial charge in [-0.3, -0.25) is 8.98 Å². The summed E-state index contributed by atoms with van der Waals surface area (Å²) in [6, 6.07) is 6.86. The lowest BCUT2D eigenvalue weighted by Gasteiger charge is -2.19. The van der Waals surface area contributed by atoms with E-state index in [1.54, 1.807) is 24.3 Å². The largest absolute Gasteiger partial charge is 0.349 e. The van der Waals surface area contributed by atoms with Gasteiger partial charge in [0, 0.05) is 16.6 Å². The number of amides is 1. The lowest BCUT2D eigenvalue weighted by atomic mass is 10.0. The second-order valence-electron chi connectivity index (χ2n) is 6.57. The third-order valence-corrected chi connectivity index (χ3v) is 5.70. The standard InChI is InChI=1S/C16H20ClNO4S/c1-9(18-16(19)10-3-5-11(17)6-4-10)15-13-7-12(8-14(13)15)22-23(2,20)21/h3-6,9,12-15H,7-8H2,1-2H3,(H,18,19)/t9?,12-,13+,14-,15-. The van der Waals surface area contributed by atoms with Crippen LogP contribution in [0.1, 0.15) is 30.1 Å². The van der Waals surface area contributed by atoms with E-state index < -0.39 is 10.1 Å². The van der Waals surface area contributed by atoms with Crippen LogP contribution in [0.15, 0.2) is 24.3 Å². The predicted molar refractivity (Wildman–Crippen MR) is 87.8 cm³/mol. The molecule has 0 heterocycles. The van der Waals surface area contributed by atoms with Gasteiger partial charge in [-0.25, -0.2) is 0 Å². The van der Waals surface area contributed by atoms with E-state index in [1.165, 1.54) is 0 Å². The van der Waals surface area contributed by atoms with Crippen LogP contribution < -0.4 is 5.32 Å². The van der Waals surface area contributed by atoms with Crippen molar-refractivity contribution in [3.05, 3.63) is 34.9 Å². The minimum Gasteiger partial charge on any atom is -0.349 e. The maximum atomic E-state index is 12.2. The third kappa shape index (κ3) is 3.87. The molecule has 0 radical (unpaired) electrons. The number of nitrogens with one attached hydrogen (secondary N) is 1. The molecule has 1 unspecified atom stereocenters. The molecule has 126 valence electrons. The third-order valence-electron chi connectivity index (χ3n) is 4.82. The van der Waals surface area contributed by atoms with Gasteiger partial charge in [-0.15, -0.1) is 0 Å². The summed E-state index contributed by atoms with van der Waals surface area (Å²) >= 11 is 5.82. The first-order chi connectivity index (χ1) is 10.7. The maximum Gasteiger partial charge on any atom is 0.264 e. The van der Waals surface area contributed by atoms with Crippen molar-refractivity contribution in [1.29, 1.82) is 0 Å². The van der Waals surface area contributed by atoms with Gasteiger partial charge in [0.05, 0.1) is 12.4 Å². The molecule has 5 nitrogen and oxygen atoms in total. The molecule has 1 N–H and O–H groups in total. The second kappa shape index (κ2) is 6.07. The van der Waals surface area contributed by atoms with Crippen molar-refractivity contribution in [3.63, 3.8) is 0 Å². The first-order valence-electron chi connectivity index (χ1n) is 7.69. The Morgan fingerprint density at radius 2 is 1.83 bits per heavy atom. The number of fused-ring (bicyclic) bond motifs is 1. The van der Waals surface area contributed by atoms with Crippen LogP contribution in [0.4, 0.5) is 0 Å². The summed E-state index contributed by atoms with van der Waals surface area (Å²) in [7, 11) is -3.39. The van der Waals surface area contributed by atoms with Crippen LogP contribution in [0.25, 0.3) is 0 Å². The van der Waals surface area contributed by atoms with Crippen LogP contribution in [0, 0.1) is 17.8 Å². The van der Waals surface area contributed by atoms with Gasteiger partial charge in [0.2, 0.25) is 0 Å². The molecule has 2 aliphatic rings. The quantitative estimate of drug-likeness (QED) is 0.821. The summed E-state index contributed by atoms with van der Waals surface area (Å²) in [5.74, 6) is 1.19. The monoisotopic (exact) mass is 357 g/mol. The molecule has 0 aliphatic heterocycles. The van der Waals surface area contributed by atoms with Crippen molar-refractivity contribution in [2.45, 2.75) is 31.9 Å². The van der Waals surface area contributed by atoms with Crippen LogP contribution in [-0.4, -0.2) is 32.7 Å². The van der Waals surface area contributed by atoms with E-state index in [0.29, 0.717) is 28.3 Å². The summed E-state index contributed by atoms with van der Waals surface area (Å²) in [4.78, 5) is 12.2. The highest BCUT2D eigenvalue weighted by Crippen LogP contribution is 2.59. The smallest absolute Gasteiger partial charge is 0.264 e. The Morgan fingerprint density at radius 1 is 1.26 bits per heavy atom. The van der Waals surface area contributed by atoms with Crippen molar-refractivity contribution in [1.82, 2.24) is 5.32 Å². The number of hydrogen-bond donors (Lipinski definition) is 1. The van der Waals surface area contributed by atoms with Crippen molar-refractivity contribution in [3.8, 4) is 0 Å². The zero-order valence-electron chi connectivity index (χ0n) is 13.0. The zero-order chi connectivity index (χ0) is 16.8. The van der Waals surface area contributed by atoms with Crippen LogP contribution in [0.3, 0.4) is 0 Å². The summed E-state index contributed by atoms with van der Waals surface area (Å²) in [5, 5.41) is 3.63. The molecule has 7 heteroatoms. The van der Waals surface area contributed by atoms with Gasteiger partial charge in [0.15, 0.2) is 0 Å². The Kier molecular flexibility index (Phi) is 4.42. The molecule has 0 spiro atoms. The minimum atomic E-state index is -3.39. The fourth-order valence-electron chi connectivity index (χ4n) is 3.90. The van der Waals surface area contributed by atoms with E-state index >= 15 is 0 Å². The van der Waals surface area contributed by atoms with E-state index in [4.69, 9.17) is 15.8 Å². The molecular weight excluding hydrogens is 338 g/mol. The number of benzene rings is 1. The van der Waals surface area contributed by atoms with Crippen LogP contribution in [0.2, 0.25) is 5.02 Å². The fraction of sp³-hybridized carbons (Fsp3) is 0.562. The molecule has 0 bridgehead atoms. The van der Waals surface area contributed by atoms with E-state index in [1.807, 2.05) is 6.92 Å². The van der Waals surface area contributed by atoms with Crippen molar-refractivity contribution < 1.29 is 17.4 Å². The van der Waals surface area contributed by atoms with E-state index in [2.05, 4.69) is 5.32 Å². The highest BCUT2D eigenvalue weighted by atomic mass is 35.5. The van der Waals surface area contributed by atoms with Crippen molar-refractivity contribution in [2.24, 2.45) is 17.8 Å². The second-order valence-corrected chi connectivity index (χ2v) is 8.60. The number of carbonyl (C=O) groups excluding carboxylic acids is 1. The molecule has 5 atom stereocenters. The topological polar surface area (TPSA) is 72.5 Å². The predicted octanol–water partition coefficient (Wildman–Crippen LogP) is 2.46. The fourth-order valence-corrected chi connectivity index (χ4v) is 4.67. The summed E-state index contributed by atoms with van der Waals surface area (Å²) < 4.78 is 27.4. The average Bonchev–Trinajstić information content (AvgIpc) is 2.95. The lowest BCUT2D eigenvalue weighted by Crippen LogP contribution is -2.35. The number of halogens is 1. The van der Waals surface area contributed by atoms with Gasteiger partial charge in [0.1, 0.15) is 0 Å². The molecule has 1 amide bonds. The Balaban J connectivity index is 1.51. The SMILES string of the molecule is CC(NC(=O)c1ccc(Cl)cc1)[C@H]1[C@@H]2C[C@H](OS(C)(=O)=O)C[C@@H]21. The summed E-state index contributed by atoms with van der Waals surface area (Å²) in [5.41, 5.74) is 0.588. The Bertz CT molecular complexity index is 691. The number of carbonyl (C=O) groups is 1.